The fraction of sp³-hybridized carbons (Fsp3) is 0.462. The number of nitrogens with two attached hydrogens (primary N) is 2. The maximum atomic E-state index is 12.7. The van der Waals surface area contributed by atoms with Crippen LogP contribution in [0.2, 0.25) is 0 Å². The first-order chi connectivity index (χ1) is 24.2. The van der Waals surface area contributed by atoms with E-state index in [1.807, 2.05) is 10.6 Å². The predicted octanol–water partition coefficient (Wildman–Crippen LogP) is -2.56. The smallest absolute Gasteiger partial charge is 0.322 e. The maximum Gasteiger partial charge on any atom is 0.322 e. The molecule has 52 heavy (non-hydrogen) atoms. The van der Waals surface area contributed by atoms with Gasteiger partial charge in [0.15, 0.2) is 0 Å². The number of aliphatic carboxylic acids is 4. The molecule has 0 aliphatic carbocycles. The number of nitro groups is 2. The summed E-state index contributed by atoms with van der Waals surface area (Å²) in [4.78, 5) is 115. The van der Waals surface area contributed by atoms with Crippen LogP contribution in [-0.2, 0) is 38.4 Å². The fourth-order valence-electron chi connectivity index (χ4n) is 3.69. The van der Waals surface area contributed by atoms with Gasteiger partial charge in [-0.05, 0) is 18.9 Å². The first-order valence-corrected chi connectivity index (χ1v) is 16.5. The summed E-state index contributed by atoms with van der Waals surface area (Å²) in [5.74, 6) is -10.7. The molecule has 26 heteroatoms. The quantitative estimate of drug-likeness (QED) is 0.0293. The second-order valence-electron chi connectivity index (χ2n) is 10.4. The highest BCUT2D eigenvalue weighted by Crippen LogP contribution is 2.40. The van der Waals surface area contributed by atoms with Crippen molar-refractivity contribution < 1.29 is 68.6 Å². The molecule has 0 spiro atoms. The van der Waals surface area contributed by atoms with Gasteiger partial charge in [-0.25, -0.2) is 0 Å². The van der Waals surface area contributed by atoms with E-state index < -0.39 is 130 Å². The van der Waals surface area contributed by atoms with Crippen molar-refractivity contribution in [1.82, 2.24) is 21.3 Å². The number of hydrogen-bond donors (Lipinski definition) is 10. The van der Waals surface area contributed by atoms with E-state index in [2.05, 4.69) is 10.6 Å². The molecule has 24 nitrogen and oxygen atoms in total. The van der Waals surface area contributed by atoms with Crippen LogP contribution in [0.25, 0.3) is 0 Å². The van der Waals surface area contributed by atoms with Gasteiger partial charge >= 0.3 is 23.9 Å². The van der Waals surface area contributed by atoms with Crippen molar-refractivity contribution in [3.05, 3.63) is 32.4 Å². The number of benzene rings is 1. The molecule has 0 aliphatic rings. The van der Waals surface area contributed by atoms with E-state index in [-0.39, 0.29) is 22.6 Å². The summed E-state index contributed by atoms with van der Waals surface area (Å²) < 4.78 is 0. The Labute approximate surface area is 300 Å². The Bertz CT molecular complexity index is 1470. The van der Waals surface area contributed by atoms with Crippen molar-refractivity contribution >= 4 is 82.4 Å². The zero-order valence-electron chi connectivity index (χ0n) is 26.7. The van der Waals surface area contributed by atoms with Crippen LogP contribution in [0.3, 0.4) is 0 Å². The Hall–Kier alpha value is -5.60. The predicted molar refractivity (Wildman–Crippen MR) is 176 cm³/mol. The van der Waals surface area contributed by atoms with Gasteiger partial charge in [0.2, 0.25) is 23.6 Å². The minimum absolute atomic E-state index is 0.310. The summed E-state index contributed by atoms with van der Waals surface area (Å²) >= 11 is 1.07. The van der Waals surface area contributed by atoms with E-state index in [0.29, 0.717) is 29.6 Å². The number of carbonyl (C=O) groups excluding carboxylic acids is 4. The second kappa shape index (κ2) is 21.6. The van der Waals surface area contributed by atoms with Gasteiger partial charge in [-0.3, -0.25) is 58.6 Å². The number of hydrogen-bond acceptors (Lipinski definition) is 16. The molecule has 1 aromatic rings. The lowest BCUT2D eigenvalue weighted by atomic mass is 10.1. The first kappa shape index (κ1) is 44.4. The minimum atomic E-state index is -1.57. The molecule has 0 saturated heterocycles. The highest BCUT2D eigenvalue weighted by atomic mass is 32.2. The summed E-state index contributed by atoms with van der Waals surface area (Å²) in [6.45, 7) is -1.77. The molecule has 0 unspecified atom stereocenters. The van der Waals surface area contributed by atoms with Crippen LogP contribution in [0.15, 0.2) is 21.9 Å². The van der Waals surface area contributed by atoms with Crippen LogP contribution in [0.4, 0.5) is 11.4 Å². The number of nitro benzene ring substituents is 2. The van der Waals surface area contributed by atoms with Gasteiger partial charge in [0.05, 0.1) is 25.7 Å². The Morgan fingerprint density at radius 3 is 1.29 bits per heavy atom. The number of carboxylic acid groups (broad SMARTS) is 4. The number of nitrogens with one attached hydrogen (secondary N) is 4. The maximum absolute atomic E-state index is 12.7. The van der Waals surface area contributed by atoms with Crippen LogP contribution in [0.1, 0.15) is 25.7 Å². The molecule has 286 valence electrons. The number of carboxylic acids is 4. The summed E-state index contributed by atoms with van der Waals surface area (Å²) in [5, 5.41) is 68.0. The topological polar surface area (TPSA) is 404 Å². The van der Waals surface area contributed by atoms with Crippen molar-refractivity contribution in [2.24, 2.45) is 11.5 Å². The molecule has 4 atom stereocenters. The van der Waals surface area contributed by atoms with Gasteiger partial charge in [-0.15, -0.1) is 23.5 Å². The molecular weight excluding hydrogens is 744 g/mol. The van der Waals surface area contributed by atoms with Gasteiger partial charge in [0.1, 0.15) is 37.3 Å². The SMILES string of the molecule is N[C@@H](CCC(=O)N[C@@H](CSc1cc(SC[C@H](NC(=O)CC[C@H](N)C(=O)O)C(=O)NCC(=O)O)c([N+](=O)[O-])cc1[N+](=O)[O-])C(=O)NCC(=O)O)C(=O)O. The third-order valence-electron chi connectivity index (χ3n) is 6.38. The average molecular weight is 779 g/mol. The zero-order valence-corrected chi connectivity index (χ0v) is 28.3. The Morgan fingerprint density at radius 1 is 0.654 bits per heavy atom. The normalized spacial score (nSPS) is 13.0. The van der Waals surface area contributed by atoms with Crippen molar-refractivity contribution in [3.8, 4) is 0 Å². The lowest BCUT2D eigenvalue weighted by molar-refractivity contribution is -0.397. The molecule has 0 heterocycles. The molecule has 0 aromatic heterocycles. The summed E-state index contributed by atoms with van der Waals surface area (Å²) in [6.07, 6.45) is -1.66. The highest BCUT2D eigenvalue weighted by Gasteiger charge is 2.30. The molecule has 0 bridgehead atoms. The zero-order chi connectivity index (χ0) is 39.7. The monoisotopic (exact) mass is 778 g/mol. The minimum Gasteiger partial charge on any atom is -0.480 e. The number of carbonyl (C=O) groups is 8. The third kappa shape index (κ3) is 16.0. The molecular formula is C26H34N8O16S2. The Balaban J connectivity index is 3.41. The lowest BCUT2D eigenvalue weighted by Crippen LogP contribution is -2.49. The lowest BCUT2D eigenvalue weighted by Gasteiger charge is -2.19. The Kier molecular flexibility index (Phi) is 18.4. The largest absolute Gasteiger partial charge is 0.480 e. The van der Waals surface area contributed by atoms with Crippen LogP contribution < -0.4 is 32.7 Å². The highest BCUT2D eigenvalue weighted by molar-refractivity contribution is 8.00. The molecule has 0 fully saturated rings. The van der Waals surface area contributed by atoms with Crippen molar-refractivity contribution in [2.75, 3.05) is 24.6 Å². The molecule has 1 aromatic carbocycles. The van der Waals surface area contributed by atoms with Crippen LogP contribution >= 0.6 is 23.5 Å². The summed E-state index contributed by atoms with van der Waals surface area (Å²) in [5.41, 5.74) is 9.09. The number of rotatable bonds is 24. The molecule has 1 rings (SSSR count). The molecule has 4 amide bonds. The van der Waals surface area contributed by atoms with Crippen LogP contribution in [-0.4, -0.2) is 127 Å². The van der Waals surface area contributed by atoms with E-state index in [1.165, 1.54) is 0 Å². The van der Waals surface area contributed by atoms with Crippen molar-refractivity contribution in [3.63, 3.8) is 0 Å². The van der Waals surface area contributed by atoms with Crippen LogP contribution in [0.5, 0.6) is 0 Å². The van der Waals surface area contributed by atoms with Crippen molar-refractivity contribution in [2.45, 2.75) is 59.6 Å². The molecule has 0 radical (unpaired) electrons. The molecule has 0 saturated carbocycles. The fourth-order valence-corrected chi connectivity index (χ4v) is 5.89. The van der Waals surface area contributed by atoms with Gasteiger partial charge in [0.25, 0.3) is 11.4 Å². The van der Waals surface area contributed by atoms with E-state index in [0.717, 1.165) is 6.07 Å². The molecule has 12 N–H and O–H groups in total. The van der Waals surface area contributed by atoms with E-state index in [4.69, 9.17) is 31.9 Å². The summed E-state index contributed by atoms with van der Waals surface area (Å²) in [6, 6.07) is -4.48. The number of amides is 4. The van der Waals surface area contributed by atoms with Gasteiger partial charge in [0, 0.05) is 24.3 Å². The van der Waals surface area contributed by atoms with E-state index >= 15 is 0 Å². The average Bonchev–Trinajstić information content (AvgIpc) is 3.06. The number of nitrogens with zero attached hydrogens (tertiary/aromatic N) is 2. The standard InChI is InChI=1S/C26H34N8O16S2/c27-11(25(43)44)1-3-19(35)31-13(23(41)29-7-21(37)38)9-51-17-6-18(16(34(49)50)5-15(17)33(47)48)52-10-14(24(42)30-8-22(39)40)32-20(36)4-2-12(28)26(45)46/h5-6,11-14H,1-4,7-10,27-28H2,(H,29,41)(H,30,42)(H,31,35)(H,32,36)(H,37,38)(H,39,40)(H,43,44)(H,45,46)/t11-,12-,13-,14-/m0/s1. The summed E-state index contributed by atoms with van der Waals surface area (Å²) in [7, 11) is 0. The van der Waals surface area contributed by atoms with Gasteiger partial charge in [-0.1, -0.05) is 0 Å². The third-order valence-corrected chi connectivity index (χ3v) is 8.65. The Morgan fingerprint density at radius 2 is 1.00 bits per heavy atom. The molecule has 0 aliphatic heterocycles. The van der Waals surface area contributed by atoms with E-state index in [9.17, 15) is 58.6 Å². The number of thioether (sulfide) groups is 2. The van der Waals surface area contributed by atoms with Crippen molar-refractivity contribution in [1.29, 1.82) is 0 Å². The second-order valence-corrected chi connectivity index (χ2v) is 12.5. The van der Waals surface area contributed by atoms with Crippen LogP contribution in [0, 0.1) is 20.2 Å². The van der Waals surface area contributed by atoms with Gasteiger partial charge in [-0.2, -0.15) is 0 Å². The first-order valence-electron chi connectivity index (χ1n) is 14.5. The van der Waals surface area contributed by atoms with Gasteiger partial charge < -0.3 is 53.2 Å². The van der Waals surface area contributed by atoms with E-state index in [1.54, 1.807) is 0 Å².